The van der Waals surface area contributed by atoms with Crippen LogP contribution in [0.1, 0.15) is 41.7 Å². The molecule has 0 saturated carbocycles. The lowest BCUT2D eigenvalue weighted by atomic mass is 9.76. The first-order valence-electron chi connectivity index (χ1n) is 14.4. The average molecular weight is 635 g/mol. The van der Waals surface area contributed by atoms with Gasteiger partial charge in [0.25, 0.3) is 0 Å². The molecular weight excluding hydrogens is 597 g/mol. The lowest BCUT2D eigenvalue weighted by Gasteiger charge is -2.52. The molecule has 2 atom stereocenters. The molecule has 9 nitrogen and oxygen atoms in total. The topological polar surface area (TPSA) is 138 Å². The minimum Gasteiger partial charge on any atom is -0.508 e. The molecule has 1 heterocycles. The van der Waals surface area contributed by atoms with Gasteiger partial charge in [0, 0.05) is 29.8 Å². The van der Waals surface area contributed by atoms with Crippen LogP contribution in [-0.2, 0) is 18.4 Å². The largest absolute Gasteiger partial charge is 0.508 e. The summed E-state index contributed by atoms with van der Waals surface area (Å²) in [6.45, 7) is 5.41. The molecule has 0 spiro atoms. The van der Waals surface area contributed by atoms with Gasteiger partial charge in [-0.1, -0.05) is 26.5 Å². The van der Waals surface area contributed by atoms with Crippen molar-refractivity contribution in [3.05, 3.63) is 94.3 Å². The highest BCUT2D eigenvalue weighted by atomic mass is 32.1. The number of benzene rings is 4. The van der Waals surface area contributed by atoms with Gasteiger partial charge in [-0.05, 0) is 67.3 Å². The van der Waals surface area contributed by atoms with E-state index in [1.807, 2.05) is 13.8 Å². The number of aromatic hydroxyl groups is 4. The Morgan fingerprint density at radius 3 is 1.87 bits per heavy atom. The van der Waals surface area contributed by atoms with Crippen LogP contribution in [-0.4, -0.2) is 46.0 Å². The number of nitrogens with zero attached hydrogens (tertiary/aromatic N) is 2. The molecule has 2 unspecified atom stereocenters. The maximum Gasteiger partial charge on any atom is 0.306 e. The number of phenolic OH excluding ortho intramolecular Hbond substituents is 4. The Kier molecular flexibility index (Phi) is 8.15. The van der Waals surface area contributed by atoms with Crippen molar-refractivity contribution < 1.29 is 34.3 Å². The fraction of sp³-hybridized carbons (Fsp3) is 0.265. The number of methoxy groups -OCH3 is 2. The third-order valence-corrected chi connectivity index (χ3v) is 9.12. The van der Waals surface area contributed by atoms with Gasteiger partial charge in [-0.25, -0.2) is 15.1 Å². The van der Waals surface area contributed by atoms with Crippen molar-refractivity contribution in [1.82, 2.24) is 4.48 Å². The number of phenols is 4. The Morgan fingerprint density at radius 1 is 0.800 bits per heavy atom. The van der Waals surface area contributed by atoms with Gasteiger partial charge < -0.3 is 29.9 Å². The van der Waals surface area contributed by atoms with Gasteiger partial charge in [0.2, 0.25) is 5.54 Å². The summed E-state index contributed by atoms with van der Waals surface area (Å²) in [4.78, 5) is 4.77. The van der Waals surface area contributed by atoms with Crippen LogP contribution in [0.5, 0.6) is 34.5 Å². The molecule has 0 aliphatic carbocycles. The zero-order valence-electron chi connectivity index (χ0n) is 25.7. The lowest BCUT2D eigenvalue weighted by Crippen LogP contribution is -2.70. The number of aliphatic imine (C=N–C) groups is 1. The minimum absolute atomic E-state index is 0.132. The van der Waals surface area contributed by atoms with Gasteiger partial charge in [-0.15, -0.1) is 0 Å². The summed E-state index contributed by atoms with van der Waals surface area (Å²) in [7, 11) is 2.98. The van der Waals surface area contributed by atoms with Crippen molar-refractivity contribution in [1.29, 1.82) is 0 Å². The van der Waals surface area contributed by atoms with Gasteiger partial charge in [-0.3, -0.25) is 0 Å². The number of hydrogen-bond acceptors (Lipinski definition) is 9. The van der Waals surface area contributed by atoms with Crippen molar-refractivity contribution in [2.45, 2.75) is 44.3 Å². The summed E-state index contributed by atoms with van der Waals surface area (Å²) < 4.78 is 25.7. The van der Waals surface area contributed by atoms with Gasteiger partial charge in [-0.2, -0.15) is 4.48 Å². The van der Waals surface area contributed by atoms with Crippen LogP contribution < -0.4 is 19.7 Å². The predicted molar refractivity (Wildman–Crippen MR) is 176 cm³/mol. The van der Waals surface area contributed by atoms with E-state index >= 15 is 0 Å². The second-order valence-corrected chi connectivity index (χ2v) is 11.7. The molecule has 0 bridgehead atoms. The van der Waals surface area contributed by atoms with Gasteiger partial charge in [0.1, 0.15) is 40.3 Å². The number of aryl methyl sites for hydroxylation is 3. The molecule has 0 saturated heterocycles. The molecule has 236 valence electrons. The van der Waals surface area contributed by atoms with Crippen molar-refractivity contribution in [2.24, 2.45) is 10.7 Å². The van der Waals surface area contributed by atoms with E-state index in [1.54, 1.807) is 43.3 Å². The van der Waals surface area contributed by atoms with Gasteiger partial charge >= 0.3 is 5.12 Å². The van der Waals surface area contributed by atoms with E-state index in [1.165, 1.54) is 44.7 Å². The predicted octanol–water partition coefficient (Wildman–Crippen LogP) is 6.27. The molecule has 45 heavy (non-hydrogen) atoms. The van der Waals surface area contributed by atoms with E-state index in [9.17, 15) is 24.8 Å². The van der Waals surface area contributed by atoms with E-state index in [0.29, 0.717) is 52.4 Å². The van der Waals surface area contributed by atoms with Gasteiger partial charge in [0.15, 0.2) is 11.4 Å². The highest BCUT2D eigenvalue weighted by molar-refractivity contribution is 7.81. The molecule has 0 aromatic heterocycles. The third-order valence-electron chi connectivity index (χ3n) is 8.71. The van der Waals surface area contributed by atoms with E-state index in [2.05, 4.69) is 0 Å². The Bertz CT molecular complexity index is 1770. The maximum absolute atomic E-state index is 14.8. The molecule has 1 aliphatic heterocycles. The number of rotatable bonds is 8. The first-order chi connectivity index (χ1) is 21.3. The highest BCUT2D eigenvalue weighted by Crippen LogP contribution is 2.64. The summed E-state index contributed by atoms with van der Waals surface area (Å²) in [5, 5.41) is 43.2. The SMILES string of the molecule is CCc1cc(C2(c3cc(CC)c(O)cc3O)C=NC(N)(S)[N+]2(c2ccc(F)cc2C)c2cc(OC)ccc2OC)c(O)cc1O. The Morgan fingerprint density at radius 2 is 1.38 bits per heavy atom. The number of ether oxygens (including phenoxy) is 2. The molecule has 0 fully saturated rings. The Balaban J connectivity index is 2.17. The van der Waals surface area contributed by atoms with Crippen LogP contribution in [0.15, 0.2) is 65.7 Å². The molecule has 1 aliphatic rings. The number of thiol groups is 1. The van der Waals surface area contributed by atoms with Crippen molar-refractivity contribution >= 4 is 30.2 Å². The van der Waals surface area contributed by atoms with Crippen LogP contribution >= 0.6 is 12.6 Å². The number of halogens is 1. The van der Waals surface area contributed by atoms with Crippen LogP contribution in [0.25, 0.3) is 0 Å². The Labute approximate surface area is 266 Å². The zero-order chi connectivity index (χ0) is 32.9. The average Bonchev–Trinajstić information content (AvgIpc) is 3.24. The Hall–Kier alpha value is -4.45. The molecule has 0 amide bonds. The molecule has 5 rings (SSSR count). The molecule has 11 heteroatoms. The minimum atomic E-state index is -1.92. The van der Waals surface area contributed by atoms with Crippen molar-refractivity contribution in [3.8, 4) is 34.5 Å². The van der Waals surface area contributed by atoms with E-state index in [4.69, 9.17) is 32.8 Å². The standard InChI is InChI=1S/C34H36FN3O6S/c1-6-20-13-24(30(41)16-28(20)39)33(25-14-21(7-2)29(40)17-31(25)42)18-37-34(36,45)38(33,26-10-8-22(35)12-19(26)3)27-15-23(43-4)9-11-32(27)44-5/h8-18H,6-7,36H2,1-5H3,(H4-,39,40,41,42,45)/p+1. The molecular formula is C34H37FN3O6S+. The quantitative estimate of drug-likeness (QED) is 0.0764. The normalized spacial score (nSPS) is 20.4. The number of nitrogens with two attached hydrogens (primary N) is 1. The second-order valence-electron chi connectivity index (χ2n) is 11.1. The van der Waals surface area contributed by atoms with E-state index < -0.39 is 21.0 Å². The smallest absolute Gasteiger partial charge is 0.306 e. The fourth-order valence-electron chi connectivity index (χ4n) is 6.61. The van der Waals surface area contributed by atoms with Crippen LogP contribution in [0, 0.1) is 12.7 Å². The van der Waals surface area contributed by atoms with E-state index in [0.717, 1.165) is 0 Å². The van der Waals surface area contributed by atoms with E-state index in [-0.39, 0.29) is 34.1 Å². The molecule has 0 radical (unpaired) electrons. The second kappa shape index (κ2) is 11.5. The molecule has 4 aromatic rings. The third kappa shape index (κ3) is 4.56. The monoisotopic (exact) mass is 634 g/mol. The van der Waals surface area contributed by atoms with Crippen LogP contribution in [0.3, 0.4) is 0 Å². The molecule has 4 aromatic carbocycles. The first-order valence-corrected chi connectivity index (χ1v) is 14.8. The maximum atomic E-state index is 14.8. The van der Waals surface area contributed by atoms with Crippen molar-refractivity contribution in [2.75, 3.05) is 14.2 Å². The summed E-state index contributed by atoms with van der Waals surface area (Å²) in [6, 6.07) is 15.0. The van der Waals surface area contributed by atoms with Crippen LogP contribution in [0.4, 0.5) is 15.8 Å². The molecule has 6 N–H and O–H groups in total. The highest BCUT2D eigenvalue weighted by Gasteiger charge is 2.71. The summed E-state index contributed by atoms with van der Waals surface area (Å²) >= 11 is 5.00. The van der Waals surface area contributed by atoms with Crippen molar-refractivity contribution in [3.63, 3.8) is 0 Å². The van der Waals surface area contributed by atoms with Gasteiger partial charge in [0.05, 0.1) is 31.6 Å². The summed E-state index contributed by atoms with van der Waals surface area (Å²) in [5.74, 6) is -0.696. The lowest BCUT2D eigenvalue weighted by molar-refractivity contribution is 0.199. The summed E-state index contributed by atoms with van der Waals surface area (Å²) in [5.41, 5.74) is 7.95. The zero-order valence-corrected chi connectivity index (χ0v) is 26.6. The number of quaternary nitrogens is 1. The summed E-state index contributed by atoms with van der Waals surface area (Å²) in [6.07, 6.45) is 2.28. The first kappa shape index (κ1) is 32.0. The fourth-order valence-corrected chi connectivity index (χ4v) is 7.04. The van der Waals surface area contributed by atoms with Crippen LogP contribution in [0.2, 0.25) is 0 Å². The number of hydrogen-bond donors (Lipinski definition) is 6.